The predicted molar refractivity (Wildman–Crippen MR) is 102 cm³/mol. The molecule has 1 fully saturated rings. The van der Waals surface area contributed by atoms with Crippen molar-refractivity contribution in [3.63, 3.8) is 0 Å². The predicted octanol–water partition coefficient (Wildman–Crippen LogP) is 2.69. The molecule has 5 nitrogen and oxygen atoms in total. The van der Waals surface area contributed by atoms with Gasteiger partial charge >= 0.3 is 0 Å². The summed E-state index contributed by atoms with van der Waals surface area (Å²) in [5.74, 6) is 0.364. The fourth-order valence-corrected chi connectivity index (χ4v) is 2.84. The Balaban J connectivity index is 0.00000312. The zero-order valence-electron chi connectivity index (χ0n) is 15.0. The van der Waals surface area contributed by atoms with Gasteiger partial charge in [0.1, 0.15) is 0 Å². The van der Waals surface area contributed by atoms with Crippen molar-refractivity contribution in [2.45, 2.75) is 32.2 Å². The van der Waals surface area contributed by atoms with E-state index in [1.807, 2.05) is 37.3 Å². The summed E-state index contributed by atoms with van der Waals surface area (Å²) in [6, 6.07) is 9.46. The third-order valence-corrected chi connectivity index (χ3v) is 4.60. The molecule has 3 N–H and O–H groups in total. The summed E-state index contributed by atoms with van der Waals surface area (Å²) in [6.45, 7) is 5.67. The van der Waals surface area contributed by atoms with Crippen molar-refractivity contribution in [2.24, 2.45) is 17.6 Å². The monoisotopic (exact) mass is 370 g/mol. The van der Waals surface area contributed by atoms with Crippen LogP contribution in [0.5, 0.6) is 0 Å². The lowest BCUT2D eigenvalue weighted by Gasteiger charge is -2.22. The van der Waals surface area contributed by atoms with Crippen LogP contribution in [0.2, 0.25) is 0 Å². The highest BCUT2D eigenvalue weighted by Crippen LogP contribution is 2.19. The third-order valence-electron chi connectivity index (χ3n) is 4.60. The van der Waals surface area contributed by atoms with Crippen LogP contribution in [0, 0.1) is 11.8 Å². The number of rotatable bonds is 9. The standard InChI is InChI=1S/C19H30N2O3.ClH/c1-15(18(20)17-6-3-2-4-7-17)19(22)21-10-5-11-24-14-16-8-12-23-13-9-16;/h2-4,6-7,15-16,18H,5,8-14,20H2,1H3,(H,21,22);1H. The molecule has 0 spiro atoms. The molecule has 1 aliphatic rings. The van der Waals surface area contributed by atoms with E-state index in [1.165, 1.54) is 0 Å². The number of ether oxygens (including phenoxy) is 2. The van der Waals surface area contributed by atoms with Gasteiger partial charge in [-0.15, -0.1) is 12.4 Å². The summed E-state index contributed by atoms with van der Waals surface area (Å²) in [6.07, 6.45) is 3.00. The van der Waals surface area contributed by atoms with Gasteiger partial charge in [0.25, 0.3) is 0 Å². The van der Waals surface area contributed by atoms with E-state index in [1.54, 1.807) is 0 Å². The molecule has 0 aromatic heterocycles. The van der Waals surface area contributed by atoms with Gasteiger partial charge in [-0.3, -0.25) is 4.79 Å². The van der Waals surface area contributed by atoms with Crippen molar-refractivity contribution in [3.05, 3.63) is 35.9 Å². The molecule has 1 heterocycles. The Morgan fingerprint density at radius 1 is 1.32 bits per heavy atom. The fourth-order valence-electron chi connectivity index (χ4n) is 2.84. The number of hydrogen-bond acceptors (Lipinski definition) is 4. The quantitative estimate of drug-likeness (QED) is 0.655. The number of carbonyl (C=O) groups excluding carboxylic acids is 1. The number of carbonyl (C=O) groups is 1. The van der Waals surface area contributed by atoms with E-state index in [4.69, 9.17) is 15.2 Å². The van der Waals surface area contributed by atoms with Gasteiger partial charge in [0, 0.05) is 39.0 Å². The van der Waals surface area contributed by atoms with Gasteiger partial charge < -0.3 is 20.5 Å². The summed E-state index contributed by atoms with van der Waals surface area (Å²) in [7, 11) is 0. The van der Waals surface area contributed by atoms with Gasteiger partial charge in [-0.2, -0.15) is 0 Å². The molecule has 0 radical (unpaired) electrons. The Morgan fingerprint density at radius 2 is 2.00 bits per heavy atom. The molecule has 0 bridgehead atoms. The topological polar surface area (TPSA) is 73.6 Å². The van der Waals surface area contributed by atoms with Crippen molar-refractivity contribution in [1.29, 1.82) is 0 Å². The molecular formula is C19H31ClN2O3. The second-order valence-electron chi connectivity index (χ2n) is 6.50. The summed E-state index contributed by atoms with van der Waals surface area (Å²) in [5.41, 5.74) is 7.16. The van der Waals surface area contributed by atoms with Crippen molar-refractivity contribution < 1.29 is 14.3 Å². The fraction of sp³-hybridized carbons (Fsp3) is 0.632. The minimum Gasteiger partial charge on any atom is -0.381 e. The molecule has 142 valence electrons. The van der Waals surface area contributed by atoms with Crippen molar-refractivity contribution >= 4 is 18.3 Å². The molecule has 6 heteroatoms. The van der Waals surface area contributed by atoms with E-state index in [9.17, 15) is 4.79 Å². The summed E-state index contributed by atoms with van der Waals surface area (Å²) < 4.78 is 11.0. The van der Waals surface area contributed by atoms with Gasteiger partial charge in [-0.1, -0.05) is 37.3 Å². The van der Waals surface area contributed by atoms with Crippen LogP contribution in [0.1, 0.15) is 37.8 Å². The molecule has 1 amide bonds. The first kappa shape index (κ1) is 21.9. The normalized spacial score (nSPS) is 17.4. The lowest BCUT2D eigenvalue weighted by Crippen LogP contribution is -2.36. The molecule has 0 aliphatic carbocycles. The minimum absolute atomic E-state index is 0. The highest BCUT2D eigenvalue weighted by Gasteiger charge is 2.21. The van der Waals surface area contributed by atoms with Crippen LogP contribution < -0.4 is 11.1 Å². The smallest absolute Gasteiger partial charge is 0.224 e. The SMILES string of the molecule is CC(C(=O)NCCCOCC1CCOCC1)C(N)c1ccccc1.Cl. The highest BCUT2D eigenvalue weighted by molar-refractivity contribution is 5.85. The zero-order chi connectivity index (χ0) is 17.2. The number of nitrogens with two attached hydrogens (primary N) is 1. The van der Waals surface area contributed by atoms with Crippen LogP contribution in [0.4, 0.5) is 0 Å². The van der Waals surface area contributed by atoms with E-state index < -0.39 is 0 Å². The first-order valence-corrected chi connectivity index (χ1v) is 8.92. The largest absolute Gasteiger partial charge is 0.381 e. The maximum absolute atomic E-state index is 12.2. The van der Waals surface area contributed by atoms with E-state index in [2.05, 4.69) is 5.32 Å². The molecule has 2 rings (SSSR count). The molecule has 2 atom stereocenters. The molecule has 2 unspecified atom stereocenters. The number of hydrogen-bond donors (Lipinski definition) is 2. The summed E-state index contributed by atoms with van der Waals surface area (Å²) in [5, 5.41) is 2.95. The number of nitrogens with one attached hydrogen (secondary N) is 1. The Hall–Kier alpha value is -1.14. The van der Waals surface area contributed by atoms with Gasteiger partial charge in [-0.05, 0) is 30.7 Å². The average molecular weight is 371 g/mol. The molecule has 1 aromatic carbocycles. The Kier molecular flexibility index (Phi) is 10.7. The van der Waals surface area contributed by atoms with Crippen LogP contribution in [-0.4, -0.2) is 38.9 Å². The van der Waals surface area contributed by atoms with Crippen LogP contribution in [0.3, 0.4) is 0 Å². The third kappa shape index (κ3) is 7.74. The zero-order valence-corrected chi connectivity index (χ0v) is 15.8. The summed E-state index contributed by atoms with van der Waals surface area (Å²) >= 11 is 0. The average Bonchev–Trinajstić information content (AvgIpc) is 2.64. The highest BCUT2D eigenvalue weighted by atomic mass is 35.5. The first-order chi connectivity index (χ1) is 11.7. The van der Waals surface area contributed by atoms with E-state index in [-0.39, 0.29) is 30.3 Å². The van der Waals surface area contributed by atoms with Crippen LogP contribution in [0.25, 0.3) is 0 Å². The van der Waals surface area contributed by atoms with Gasteiger partial charge in [0.05, 0.1) is 5.92 Å². The van der Waals surface area contributed by atoms with Gasteiger partial charge in [0.2, 0.25) is 5.91 Å². The van der Waals surface area contributed by atoms with Gasteiger partial charge in [0.15, 0.2) is 0 Å². The first-order valence-electron chi connectivity index (χ1n) is 8.92. The number of halogens is 1. The van der Waals surface area contributed by atoms with Crippen molar-refractivity contribution in [1.82, 2.24) is 5.32 Å². The minimum atomic E-state index is -0.282. The molecule has 1 aliphatic heterocycles. The Labute approximate surface area is 157 Å². The molecule has 1 saturated heterocycles. The second-order valence-corrected chi connectivity index (χ2v) is 6.50. The van der Waals surface area contributed by atoms with Gasteiger partial charge in [-0.25, -0.2) is 0 Å². The maximum atomic E-state index is 12.2. The molecule has 0 saturated carbocycles. The maximum Gasteiger partial charge on any atom is 0.224 e. The van der Waals surface area contributed by atoms with Crippen LogP contribution >= 0.6 is 12.4 Å². The molecule has 1 aromatic rings. The van der Waals surface area contributed by atoms with Crippen molar-refractivity contribution in [3.8, 4) is 0 Å². The van der Waals surface area contributed by atoms with E-state index in [0.29, 0.717) is 19.1 Å². The molecular weight excluding hydrogens is 340 g/mol. The Bertz CT molecular complexity index is 481. The van der Waals surface area contributed by atoms with E-state index in [0.717, 1.165) is 44.6 Å². The molecule has 25 heavy (non-hydrogen) atoms. The van der Waals surface area contributed by atoms with Crippen LogP contribution in [-0.2, 0) is 14.3 Å². The Morgan fingerprint density at radius 3 is 2.68 bits per heavy atom. The van der Waals surface area contributed by atoms with Crippen LogP contribution in [0.15, 0.2) is 30.3 Å². The summed E-state index contributed by atoms with van der Waals surface area (Å²) in [4.78, 5) is 12.2. The number of benzene rings is 1. The van der Waals surface area contributed by atoms with E-state index >= 15 is 0 Å². The number of amides is 1. The second kappa shape index (κ2) is 12.3. The van der Waals surface area contributed by atoms with Crippen molar-refractivity contribution in [2.75, 3.05) is 33.0 Å². The lowest BCUT2D eigenvalue weighted by atomic mass is 9.95. The lowest BCUT2D eigenvalue weighted by molar-refractivity contribution is -0.125.